The first-order valence-corrected chi connectivity index (χ1v) is 9.37. The maximum atomic E-state index is 12.8. The molecule has 2 aromatic rings. The number of carbonyl (C=O) groups excluding carboxylic acids is 1. The summed E-state index contributed by atoms with van der Waals surface area (Å²) in [6.45, 7) is 8.75. The van der Waals surface area contributed by atoms with Gasteiger partial charge in [-0.15, -0.1) is 0 Å². The molecule has 1 amide bonds. The van der Waals surface area contributed by atoms with Gasteiger partial charge >= 0.3 is 0 Å². The number of nitrogens with zero attached hydrogens (tertiary/aromatic N) is 3. The van der Waals surface area contributed by atoms with Crippen LogP contribution < -0.4 is 4.74 Å². The predicted octanol–water partition coefficient (Wildman–Crippen LogP) is 2.44. The quantitative estimate of drug-likeness (QED) is 0.843. The van der Waals surface area contributed by atoms with E-state index in [1.807, 2.05) is 18.7 Å². The summed E-state index contributed by atoms with van der Waals surface area (Å²) in [5.41, 5.74) is 4.04. The van der Waals surface area contributed by atoms with Crippen molar-refractivity contribution in [2.75, 3.05) is 32.8 Å². The van der Waals surface area contributed by atoms with Gasteiger partial charge in [0.2, 0.25) is 0 Å². The summed E-state index contributed by atoms with van der Waals surface area (Å²) in [5.74, 6) is 1.70. The molecule has 0 spiro atoms. The number of benzene rings is 1. The molecular formula is C20H25N3O3. The van der Waals surface area contributed by atoms with E-state index in [0.717, 1.165) is 57.2 Å². The third-order valence-electron chi connectivity index (χ3n) is 5.30. The number of piperazine rings is 1. The van der Waals surface area contributed by atoms with Crippen LogP contribution in [0.25, 0.3) is 0 Å². The minimum Gasteiger partial charge on any atom is -0.493 e. The molecule has 0 unspecified atom stereocenters. The van der Waals surface area contributed by atoms with Crippen LogP contribution in [0.5, 0.6) is 5.75 Å². The number of aryl methyl sites for hydroxylation is 2. The molecule has 0 aliphatic carbocycles. The van der Waals surface area contributed by atoms with E-state index in [1.165, 1.54) is 11.1 Å². The molecule has 0 N–H and O–H groups in total. The van der Waals surface area contributed by atoms with Crippen molar-refractivity contribution in [2.24, 2.45) is 0 Å². The van der Waals surface area contributed by atoms with Crippen molar-refractivity contribution < 1.29 is 14.1 Å². The second-order valence-electron chi connectivity index (χ2n) is 7.02. The average molecular weight is 355 g/mol. The van der Waals surface area contributed by atoms with Crippen LogP contribution in [0.1, 0.15) is 39.9 Å². The van der Waals surface area contributed by atoms with Gasteiger partial charge in [-0.05, 0) is 30.5 Å². The lowest BCUT2D eigenvalue weighted by molar-refractivity contribution is 0.0626. The van der Waals surface area contributed by atoms with Crippen molar-refractivity contribution in [1.29, 1.82) is 0 Å². The smallest absolute Gasteiger partial charge is 0.259 e. The van der Waals surface area contributed by atoms with E-state index in [0.29, 0.717) is 17.7 Å². The van der Waals surface area contributed by atoms with Crippen LogP contribution in [0, 0.1) is 6.92 Å². The molecule has 2 aliphatic heterocycles. The second kappa shape index (κ2) is 7.11. The van der Waals surface area contributed by atoms with E-state index in [9.17, 15) is 4.79 Å². The van der Waals surface area contributed by atoms with Crippen LogP contribution in [0.3, 0.4) is 0 Å². The van der Waals surface area contributed by atoms with Gasteiger partial charge < -0.3 is 14.2 Å². The Morgan fingerprint density at radius 3 is 2.81 bits per heavy atom. The Bertz CT molecular complexity index is 807. The van der Waals surface area contributed by atoms with Gasteiger partial charge in [0.15, 0.2) is 0 Å². The van der Waals surface area contributed by atoms with Crippen LogP contribution in [0.2, 0.25) is 0 Å². The van der Waals surface area contributed by atoms with E-state index in [-0.39, 0.29) is 5.91 Å². The summed E-state index contributed by atoms with van der Waals surface area (Å²) in [6.07, 6.45) is 1.71. The van der Waals surface area contributed by atoms with Crippen molar-refractivity contribution in [2.45, 2.75) is 33.2 Å². The lowest BCUT2D eigenvalue weighted by Gasteiger charge is -2.34. The van der Waals surface area contributed by atoms with E-state index < -0.39 is 0 Å². The number of aromatic nitrogens is 1. The summed E-state index contributed by atoms with van der Waals surface area (Å²) in [5, 5.41) is 4.01. The Kier molecular flexibility index (Phi) is 4.68. The highest BCUT2D eigenvalue weighted by Crippen LogP contribution is 2.26. The molecule has 2 aliphatic rings. The molecule has 6 nitrogen and oxygen atoms in total. The largest absolute Gasteiger partial charge is 0.493 e. The highest BCUT2D eigenvalue weighted by atomic mass is 16.5. The van der Waals surface area contributed by atoms with Gasteiger partial charge in [-0.3, -0.25) is 9.69 Å². The van der Waals surface area contributed by atoms with E-state index >= 15 is 0 Å². The van der Waals surface area contributed by atoms with Gasteiger partial charge in [0, 0.05) is 39.1 Å². The Hall–Kier alpha value is -2.34. The molecule has 4 rings (SSSR count). The van der Waals surface area contributed by atoms with Crippen molar-refractivity contribution in [3.8, 4) is 5.75 Å². The maximum Gasteiger partial charge on any atom is 0.259 e. The first kappa shape index (κ1) is 17.1. The standard InChI is InChI=1S/C20H25N3O3/c1-3-17-19(14(2)26-21-17)20(24)23-9-7-22(8-10-23)13-15-4-5-18-16(12-15)6-11-25-18/h4-5,12H,3,6-11,13H2,1-2H3. The first-order valence-electron chi connectivity index (χ1n) is 9.37. The fourth-order valence-electron chi connectivity index (χ4n) is 3.80. The van der Waals surface area contributed by atoms with Crippen molar-refractivity contribution >= 4 is 5.91 Å². The zero-order chi connectivity index (χ0) is 18.1. The molecular weight excluding hydrogens is 330 g/mol. The van der Waals surface area contributed by atoms with Crippen LogP contribution in [0.15, 0.2) is 22.7 Å². The predicted molar refractivity (Wildman–Crippen MR) is 97.4 cm³/mol. The zero-order valence-corrected chi connectivity index (χ0v) is 15.5. The number of fused-ring (bicyclic) bond motifs is 1. The SMILES string of the molecule is CCc1noc(C)c1C(=O)N1CCN(Cc2ccc3c(c2)CCO3)CC1. The average Bonchev–Trinajstić information content (AvgIpc) is 3.27. The maximum absolute atomic E-state index is 12.8. The summed E-state index contributed by atoms with van der Waals surface area (Å²) in [6, 6.07) is 6.49. The third kappa shape index (κ3) is 3.21. The van der Waals surface area contributed by atoms with Crippen LogP contribution in [-0.4, -0.2) is 53.6 Å². The van der Waals surface area contributed by atoms with Crippen molar-refractivity contribution in [1.82, 2.24) is 15.0 Å². The fraction of sp³-hybridized carbons (Fsp3) is 0.500. The lowest BCUT2D eigenvalue weighted by Crippen LogP contribution is -2.48. The molecule has 3 heterocycles. The second-order valence-corrected chi connectivity index (χ2v) is 7.02. The number of hydrogen-bond acceptors (Lipinski definition) is 5. The molecule has 0 bridgehead atoms. The molecule has 1 aromatic carbocycles. The molecule has 1 saturated heterocycles. The normalized spacial score (nSPS) is 17.2. The molecule has 0 radical (unpaired) electrons. The summed E-state index contributed by atoms with van der Waals surface area (Å²) >= 11 is 0. The van der Waals surface area contributed by atoms with Gasteiger partial charge in [-0.25, -0.2) is 0 Å². The number of ether oxygens (including phenoxy) is 1. The molecule has 1 aromatic heterocycles. The first-order chi connectivity index (χ1) is 12.7. The number of hydrogen-bond donors (Lipinski definition) is 0. The van der Waals surface area contributed by atoms with Crippen molar-refractivity contribution in [3.05, 3.63) is 46.3 Å². The minimum absolute atomic E-state index is 0.0509. The van der Waals surface area contributed by atoms with Crippen LogP contribution in [0.4, 0.5) is 0 Å². The van der Waals surface area contributed by atoms with E-state index in [4.69, 9.17) is 9.26 Å². The lowest BCUT2D eigenvalue weighted by atomic mass is 10.1. The minimum atomic E-state index is 0.0509. The molecule has 26 heavy (non-hydrogen) atoms. The van der Waals surface area contributed by atoms with Gasteiger partial charge in [0.1, 0.15) is 17.1 Å². The summed E-state index contributed by atoms with van der Waals surface area (Å²) < 4.78 is 10.8. The summed E-state index contributed by atoms with van der Waals surface area (Å²) in [4.78, 5) is 17.2. The van der Waals surface area contributed by atoms with Crippen molar-refractivity contribution in [3.63, 3.8) is 0 Å². The third-order valence-corrected chi connectivity index (χ3v) is 5.30. The number of rotatable bonds is 4. The topological polar surface area (TPSA) is 58.8 Å². The molecule has 138 valence electrons. The monoisotopic (exact) mass is 355 g/mol. The number of amides is 1. The molecule has 6 heteroatoms. The Morgan fingerprint density at radius 1 is 1.23 bits per heavy atom. The Labute approximate surface area is 153 Å². The molecule has 1 fully saturated rings. The zero-order valence-electron chi connectivity index (χ0n) is 15.5. The van der Waals surface area contributed by atoms with Crippen LogP contribution >= 0.6 is 0 Å². The highest BCUT2D eigenvalue weighted by molar-refractivity contribution is 5.96. The molecule has 0 atom stereocenters. The summed E-state index contributed by atoms with van der Waals surface area (Å²) in [7, 11) is 0. The highest BCUT2D eigenvalue weighted by Gasteiger charge is 2.27. The van der Waals surface area contributed by atoms with Crippen LogP contribution in [-0.2, 0) is 19.4 Å². The Morgan fingerprint density at radius 2 is 2.04 bits per heavy atom. The molecule has 0 saturated carbocycles. The van der Waals surface area contributed by atoms with Gasteiger partial charge in [0.05, 0.1) is 12.3 Å². The van der Waals surface area contributed by atoms with Gasteiger partial charge in [-0.1, -0.05) is 24.2 Å². The number of carbonyl (C=O) groups is 1. The fourth-order valence-corrected chi connectivity index (χ4v) is 3.80. The van der Waals surface area contributed by atoms with E-state index in [2.05, 4.69) is 28.3 Å². The van der Waals surface area contributed by atoms with E-state index in [1.54, 1.807) is 0 Å². The Balaban J connectivity index is 1.37. The van der Waals surface area contributed by atoms with Gasteiger partial charge in [0.25, 0.3) is 5.91 Å². The van der Waals surface area contributed by atoms with Gasteiger partial charge in [-0.2, -0.15) is 0 Å².